The summed E-state index contributed by atoms with van der Waals surface area (Å²) < 4.78 is 33.0. The Bertz CT molecular complexity index is 399. The van der Waals surface area contributed by atoms with Crippen molar-refractivity contribution in [3.63, 3.8) is 0 Å². The molecule has 2 unspecified atom stereocenters. The van der Waals surface area contributed by atoms with E-state index in [0.717, 1.165) is 32.3 Å². The Morgan fingerprint density at radius 1 is 1.30 bits per heavy atom. The Balaban J connectivity index is 1.88. The lowest BCUT2D eigenvalue weighted by atomic mass is 9.97. The average Bonchev–Trinajstić information content (AvgIpc) is 2.47. The van der Waals surface area contributed by atoms with Crippen molar-refractivity contribution in [1.82, 2.24) is 5.32 Å². The van der Waals surface area contributed by atoms with Gasteiger partial charge in [-0.2, -0.15) is 0 Å². The molecule has 20 heavy (non-hydrogen) atoms. The van der Waals surface area contributed by atoms with Crippen molar-refractivity contribution in [2.75, 3.05) is 13.7 Å². The summed E-state index contributed by atoms with van der Waals surface area (Å²) in [4.78, 5) is 0. The third-order valence-corrected chi connectivity index (χ3v) is 4.03. The van der Waals surface area contributed by atoms with Gasteiger partial charge in [0.25, 0.3) is 0 Å². The van der Waals surface area contributed by atoms with E-state index in [1.165, 1.54) is 24.6 Å². The van der Waals surface area contributed by atoms with Gasteiger partial charge in [0.05, 0.1) is 6.10 Å². The molecule has 0 radical (unpaired) electrons. The summed E-state index contributed by atoms with van der Waals surface area (Å²) in [5.74, 6) is -0.918. The van der Waals surface area contributed by atoms with Gasteiger partial charge in [0.15, 0.2) is 0 Å². The number of halogens is 2. The normalized spacial score (nSPS) is 20.9. The van der Waals surface area contributed by atoms with Gasteiger partial charge in [-0.1, -0.05) is 6.07 Å². The molecule has 2 nitrogen and oxygen atoms in total. The molecule has 1 aromatic carbocycles. The largest absolute Gasteiger partial charge is 0.378 e. The van der Waals surface area contributed by atoms with Gasteiger partial charge in [-0.25, -0.2) is 8.78 Å². The van der Waals surface area contributed by atoms with Crippen molar-refractivity contribution in [3.05, 3.63) is 35.4 Å². The molecule has 0 spiro atoms. The molecular weight excluding hydrogens is 260 g/mol. The molecule has 1 aromatic rings. The summed E-state index contributed by atoms with van der Waals surface area (Å²) in [7, 11) is 1.84. The Hall–Kier alpha value is -1.00. The summed E-state index contributed by atoms with van der Waals surface area (Å²) in [5.41, 5.74) is 0.177. The van der Waals surface area contributed by atoms with Crippen molar-refractivity contribution in [3.8, 4) is 0 Å². The maximum atomic E-state index is 13.6. The fourth-order valence-electron chi connectivity index (χ4n) is 2.74. The summed E-state index contributed by atoms with van der Waals surface area (Å²) in [6, 6.07) is 4.11. The van der Waals surface area contributed by atoms with Crippen LogP contribution in [0.15, 0.2) is 18.2 Å². The third kappa shape index (κ3) is 4.25. The highest BCUT2D eigenvalue weighted by molar-refractivity contribution is 5.20. The second kappa shape index (κ2) is 7.70. The Morgan fingerprint density at radius 3 is 2.65 bits per heavy atom. The highest BCUT2D eigenvalue weighted by atomic mass is 19.1. The first-order chi connectivity index (χ1) is 9.70. The number of benzene rings is 1. The van der Waals surface area contributed by atoms with Crippen LogP contribution in [0, 0.1) is 11.6 Å². The molecule has 112 valence electrons. The predicted molar refractivity (Wildman–Crippen MR) is 75.7 cm³/mol. The molecule has 0 bridgehead atoms. The first-order valence-electron chi connectivity index (χ1n) is 7.42. The van der Waals surface area contributed by atoms with Crippen LogP contribution in [0.1, 0.15) is 37.7 Å². The topological polar surface area (TPSA) is 21.3 Å². The molecule has 0 saturated carbocycles. The zero-order valence-electron chi connectivity index (χ0n) is 12.0. The fraction of sp³-hybridized carbons (Fsp3) is 0.625. The molecule has 1 aliphatic heterocycles. The van der Waals surface area contributed by atoms with Crippen LogP contribution in [-0.2, 0) is 11.2 Å². The lowest BCUT2D eigenvalue weighted by Crippen LogP contribution is -2.30. The monoisotopic (exact) mass is 283 g/mol. The van der Waals surface area contributed by atoms with Crippen LogP contribution < -0.4 is 5.32 Å². The van der Waals surface area contributed by atoms with Crippen LogP contribution in [-0.4, -0.2) is 25.8 Å². The maximum absolute atomic E-state index is 13.6. The zero-order chi connectivity index (χ0) is 14.4. The highest BCUT2D eigenvalue weighted by Crippen LogP contribution is 2.20. The quantitative estimate of drug-likeness (QED) is 0.863. The van der Waals surface area contributed by atoms with E-state index in [1.54, 1.807) is 0 Å². The SMILES string of the molecule is CNC(CCC1CCCCO1)Cc1c(F)cccc1F. The summed E-state index contributed by atoms with van der Waals surface area (Å²) >= 11 is 0. The van der Waals surface area contributed by atoms with Crippen LogP contribution in [0.5, 0.6) is 0 Å². The first-order valence-corrected chi connectivity index (χ1v) is 7.42. The van der Waals surface area contributed by atoms with E-state index in [-0.39, 0.29) is 11.6 Å². The van der Waals surface area contributed by atoms with Crippen LogP contribution in [0.3, 0.4) is 0 Å². The van der Waals surface area contributed by atoms with E-state index in [0.29, 0.717) is 12.5 Å². The molecule has 0 aromatic heterocycles. The van der Waals surface area contributed by atoms with Gasteiger partial charge in [0, 0.05) is 18.2 Å². The standard InChI is InChI=1S/C16H23F2NO/c1-19-12(8-9-13-5-2-3-10-20-13)11-14-15(17)6-4-7-16(14)18/h4,6-7,12-13,19H,2-3,5,8-11H2,1H3. The third-order valence-electron chi connectivity index (χ3n) is 4.03. The second-order valence-corrected chi connectivity index (χ2v) is 5.46. The fourth-order valence-corrected chi connectivity index (χ4v) is 2.74. The summed E-state index contributed by atoms with van der Waals surface area (Å²) in [6.07, 6.45) is 5.97. The number of rotatable bonds is 6. The minimum absolute atomic E-state index is 0.0759. The van der Waals surface area contributed by atoms with Crippen molar-refractivity contribution in [1.29, 1.82) is 0 Å². The van der Waals surface area contributed by atoms with Gasteiger partial charge < -0.3 is 10.1 Å². The van der Waals surface area contributed by atoms with Crippen molar-refractivity contribution in [2.24, 2.45) is 0 Å². The maximum Gasteiger partial charge on any atom is 0.129 e. The molecule has 0 amide bonds. The van der Waals surface area contributed by atoms with Gasteiger partial charge in [-0.05, 0) is 57.7 Å². The first kappa shape index (κ1) is 15.4. The van der Waals surface area contributed by atoms with Gasteiger partial charge in [0.1, 0.15) is 11.6 Å². The van der Waals surface area contributed by atoms with Gasteiger partial charge in [-0.15, -0.1) is 0 Å². The number of ether oxygens (including phenoxy) is 1. The van der Waals surface area contributed by atoms with E-state index < -0.39 is 11.6 Å². The molecule has 1 N–H and O–H groups in total. The average molecular weight is 283 g/mol. The van der Waals surface area contributed by atoms with E-state index in [1.807, 2.05) is 7.05 Å². The van der Waals surface area contributed by atoms with Crippen LogP contribution in [0.25, 0.3) is 0 Å². The number of hydrogen-bond donors (Lipinski definition) is 1. The van der Waals surface area contributed by atoms with Crippen LogP contribution in [0.2, 0.25) is 0 Å². The lowest BCUT2D eigenvalue weighted by Gasteiger charge is -2.25. The Morgan fingerprint density at radius 2 is 2.05 bits per heavy atom. The Kier molecular flexibility index (Phi) is 5.92. The van der Waals surface area contributed by atoms with Crippen LogP contribution in [0.4, 0.5) is 8.78 Å². The Labute approximate surface area is 119 Å². The molecular formula is C16H23F2NO. The highest BCUT2D eigenvalue weighted by Gasteiger charge is 2.18. The molecule has 1 fully saturated rings. The molecule has 4 heteroatoms. The predicted octanol–water partition coefficient (Wildman–Crippen LogP) is 3.44. The van der Waals surface area contributed by atoms with Gasteiger partial charge in [0.2, 0.25) is 0 Å². The molecule has 1 heterocycles. The molecule has 2 atom stereocenters. The van der Waals surface area contributed by atoms with Crippen molar-refractivity contribution < 1.29 is 13.5 Å². The van der Waals surface area contributed by atoms with Crippen molar-refractivity contribution >= 4 is 0 Å². The summed E-state index contributed by atoms with van der Waals surface area (Å²) in [6.45, 7) is 0.844. The number of nitrogens with one attached hydrogen (secondary N) is 1. The van der Waals surface area contributed by atoms with Crippen LogP contribution >= 0.6 is 0 Å². The number of likely N-dealkylation sites (N-methyl/N-ethyl adjacent to an activating group) is 1. The van der Waals surface area contributed by atoms with Gasteiger partial charge in [-0.3, -0.25) is 0 Å². The number of hydrogen-bond acceptors (Lipinski definition) is 2. The molecule has 1 aliphatic rings. The second-order valence-electron chi connectivity index (χ2n) is 5.46. The van der Waals surface area contributed by atoms with Gasteiger partial charge >= 0.3 is 0 Å². The smallest absolute Gasteiger partial charge is 0.129 e. The lowest BCUT2D eigenvalue weighted by molar-refractivity contribution is 0.00868. The van der Waals surface area contributed by atoms with E-state index in [9.17, 15) is 8.78 Å². The summed E-state index contributed by atoms with van der Waals surface area (Å²) in [5, 5.41) is 3.16. The minimum Gasteiger partial charge on any atom is -0.378 e. The van der Waals surface area contributed by atoms with E-state index in [4.69, 9.17) is 4.74 Å². The van der Waals surface area contributed by atoms with E-state index in [2.05, 4.69) is 5.32 Å². The molecule has 1 saturated heterocycles. The van der Waals surface area contributed by atoms with Crippen molar-refractivity contribution in [2.45, 2.75) is 50.7 Å². The molecule has 2 rings (SSSR count). The molecule has 0 aliphatic carbocycles. The van der Waals surface area contributed by atoms with E-state index >= 15 is 0 Å². The minimum atomic E-state index is -0.459. The zero-order valence-corrected chi connectivity index (χ0v) is 12.0.